The number of nitrogens with one attached hydrogen (secondary N) is 1. The number of aromatic nitrogens is 1. The molecular weight excluding hydrogens is 320 g/mol. The molecule has 1 aliphatic rings. The average molecular weight is 336 g/mol. The summed E-state index contributed by atoms with van der Waals surface area (Å²) in [6.45, 7) is 2.46. The van der Waals surface area contributed by atoms with E-state index in [0.29, 0.717) is 23.8 Å². The molecule has 1 unspecified atom stereocenters. The average Bonchev–Trinajstić information content (AvgIpc) is 3.18. The molecule has 122 valence electrons. The molecule has 0 aliphatic carbocycles. The Morgan fingerprint density at radius 3 is 2.91 bits per heavy atom. The van der Waals surface area contributed by atoms with Crippen molar-refractivity contribution in [3.8, 4) is 10.8 Å². The number of aryl methyl sites for hydroxylation is 1. The van der Waals surface area contributed by atoms with Crippen molar-refractivity contribution in [2.45, 2.75) is 25.3 Å². The summed E-state index contributed by atoms with van der Waals surface area (Å²) < 4.78 is 10.8. The Morgan fingerprint density at radius 2 is 2.30 bits per heavy atom. The smallest absolute Gasteiger partial charge is 0.305 e. The molecule has 2 aromatic rings. The number of carbonyl (C=O) groups is 2. The van der Waals surface area contributed by atoms with Gasteiger partial charge >= 0.3 is 5.97 Å². The second-order valence-corrected chi connectivity index (χ2v) is 6.41. The van der Waals surface area contributed by atoms with Gasteiger partial charge in [-0.1, -0.05) is 0 Å². The minimum absolute atomic E-state index is 0.173. The Bertz CT molecular complexity index is 730. The first-order valence-corrected chi connectivity index (χ1v) is 8.00. The van der Waals surface area contributed by atoms with E-state index in [4.69, 9.17) is 14.3 Å². The molecule has 3 heterocycles. The minimum atomic E-state index is -0.971. The number of nitrogens with zero attached hydrogens (tertiary/aromatic N) is 1. The van der Waals surface area contributed by atoms with Gasteiger partial charge in [0.1, 0.15) is 11.5 Å². The number of carboxylic acids is 1. The molecule has 0 radical (unpaired) electrons. The number of thiazole rings is 1. The number of carbonyl (C=O) groups excluding carboxylic acids is 1. The fraction of sp³-hybridized carbons (Fsp3) is 0.400. The van der Waals surface area contributed by atoms with Gasteiger partial charge in [0, 0.05) is 12.0 Å². The van der Waals surface area contributed by atoms with Crippen LogP contribution in [0.1, 0.15) is 29.1 Å². The summed E-state index contributed by atoms with van der Waals surface area (Å²) in [6, 6.07) is 3.63. The van der Waals surface area contributed by atoms with Gasteiger partial charge in [-0.15, -0.1) is 11.3 Å². The van der Waals surface area contributed by atoms with E-state index in [9.17, 15) is 9.59 Å². The number of ether oxygens (including phenoxy) is 1. The van der Waals surface area contributed by atoms with E-state index in [2.05, 4.69) is 10.3 Å². The highest BCUT2D eigenvalue weighted by Gasteiger charge is 2.39. The van der Waals surface area contributed by atoms with E-state index in [0.717, 1.165) is 5.76 Å². The van der Waals surface area contributed by atoms with E-state index in [-0.39, 0.29) is 18.7 Å². The van der Waals surface area contributed by atoms with Gasteiger partial charge in [0.05, 0.1) is 18.6 Å². The third-order valence-electron chi connectivity index (χ3n) is 3.66. The molecule has 0 spiro atoms. The number of hydrogen-bond acceptors (Lipinski definition) is 6. The van der Waals surface area contributed by atoms with Crippen molar-refractivity contribution in [3.05, 3.63) is 29.0 Å². The van der Waals surface area contributed by atoms with Crippen LogP contribution in [-0.4, -0.2) is 40.7 Å². The molecule has 0 saturated carbocycles. The van der Waals surface area contributed by atoms with Crippen LogP contribution >= 0.6 is 11.3 Å². The zero-order chi connectivity index (χ0) is 16.4. The highest BCUT2D eigenvalue weighted by molar-refractivity contribution is 7.13. The summed E-state index contributed by atoms with van der Waals surface area (Å²) in [5, 5.41) is 14.1. The van der Waals surface area contributed by atoms with Crippen LogP contribution in [0.25, 0.3) is 10.8 Å². The van der Waals surface area contributed by atoms with Crippen molar-refractivity contribution in [3.63, 3.8) is 0 Å². The molecule has 1 atom stereocenters. The fourth-order valence-corrected chi connectivity index (χ4v) is 3.28. The summed E-state index contributed by atoms with van der Waals surface area (Å²) in [4.78, 5) is 27.7. The summed E-state index contributed by atoms with van der Waals surface area (Å²) in [6.07, 6.45) is 0.298. The SMILES string of the molecule is Cc1ccc(-c2nc(C(=O)NC3(CC(=O)O)CCOC3)cs2)o1. The molecule has 2 aromatic heterocycles. The molecular formula is C15H16N2O5S. The van der Waals surface area contributed by atoms with Crippen molar-refractivity contribution in [2.24, 2.45) is 0 Å². The molecule has 1 aliphatic heterocycles. The van der Waals surface area contributed by atoms with Crippen LogP contribution < -0.4 is 5.32 Å². The molecule has 2 N–H and O–H groups in total. The number of hydrogen-bond donors (Lipinski definition) is 2. The van der Waals surface area contributed by atoms with Crippen LogP contribution in [-0.2, 0) is 9.53 Å². The van der Waals surface area contributed by atoms with Crippen LogP contribution in [0.2, 0.25) is 0 Å². The van der Waals surface area contributed by atoms with E-state index < -0.39 is 17.4 Å². The highest BCUT2D eigenvalue weighted by Crippen LogP contribution is 2.27. The largest absolute Gasteiger partial charge is 0.481 e. The van der Waals surface area contributed by atoms with Gasteiger partial charge in [0.15, 0.2) is 10.8 Å². The Kier molecular flexibility index (Phi) is 4.18. The van der Waals surface area contributed by atoms with Crippen LogP contribution in [0.4, 0.5) is 0 Å². The summed E-state index contributed by atoms with van der Waals surface area (Å²) >= 11 is 1.30. The Hall–Kier alpha value is -2.19. The normalized spacial score (nSPS) is 20.6. The van der Waals surface area contributed by atoms with E-state index in [1.54, 1.807) is 11.4 Å². The van der Waals surface area contributed by atoms with Crippen molar-refractivity contribution in [2.75, 3.05) is 13.2 Å². The van der Waals surface area contributed by atoms with Gasteiger partial charge in [-0.05, 0) is 25.5 Å². The lowest BCUT2D eigenvalue weighted by Crippen LogP contribution is -2.50. The Balaban J connectivity index is 1.75. The molecule has 0 bridgehead atoms. The third-order valence-corrected chi connectivity index (χ3v) is 4.52. The Labute approximate surface area is 136 Å². The quantitative estimate of drug-likeness (QED) is 0.867. The molecule has 7 nitrogen and oxygen atoms in total. The van der Waals surface area contributed by atoms with Gasteiger partial charge in [-0.25, -0.2) is 4.98 Å². The molecule has 0 aromatic carbocycles. The monoisotopic (exact) mass is 336 g/mol. The first-order chi connectivity index (χ1) is 11.0. The number of carboxylic acid groups (broad SMARTS) is 1. The molecule has 8 heteroatoms. The van der Waals surface area contributed by atoms with E-state index in [1.165, 1.54) is 11.3 Å². The number of amides is 1. The van der Waals surface area contributed by atoms with Gasteiger partial charge in [-0.2, -0.15) is 0 Å². The predicted octanol–water partition coefficient (Wildman–Crippen LogP) is 2.08. The number of furan rings is 1. The summed E-state index contributed by atoms with van der Waals surface area (Å²) in [5.74, 6) is 0.00377. The topological polar surface area (TPSA) is 102 Å². The standard InChI is InChI=1S/C15H16N2O5S/c1-9-2-3-11(22-9)14-16-10(7-23-14)13(20)17-15(6-12(18)19)4-5-21-8-15/h2-3,7H,4-6,8H2,1H3,(H,17,20)(H,18,19). The first kappa shape index (κ1) is 15.7. The maximum absolute atomic E-state index is 12.4. The highest BCUT2D eigenvalue weighted by atomic mass is 32.1. The van der Waals surface area contributed by atoms with Crippen LogP contribution in [0.15, 0.2) is 21.9 Å². The zero-order valence-corrected chi connectivity index (χ0v) is 13.3. The lowest BCUT2D eigenvalue weighted by atomic mass is 9.94. The van der Waals surface area contributed by atoms with Gasteiger partial charge in [0.25, 0.3) is 5.91 Å². The van der Waals surface area contributed by atoms with Crippen LogP contribution in [0.5, 0.6) is 0 Å². The zero-order valence-electron chi connectivity index (χ0n) is 12.5. The summed E-state index contributed by atoms with van der Waals surface area (Å²) in [5.41, 5.74) is -0.621. The van der Waals surface area contributed by atoms with Crippen LogP contribution in [0, 0.1) is 6.92 Å². The molecule has 1 saturated heterocycles. The molecule has 1 amide bonds. The molecule has 1 fully saturated rings. The maximum atomic E-state index is 12.4. The van der Waals surface area contributed by atoms with Crippen molar-refractivity contribution < 1.29 is 23.8 Å². The second-order valence-electron chi connectivity index (χ2n) is 5.56. The second kappa shape index (κ2) is 6.13. The maximum Gasteiger partial charge on any atom is 0.305 e. The van der Waals surface area contributed by atoms with E-state index in [1.807, 2.05) is 13.0 Å². The molecule has 3 rings (SSSR count). The number of rotatable bonds is 5. The van der Waals surface area contributed by atoms with Gasteiger partial charge in [0.2, 0.25) is 0 Å². The number of aliphatic carboxylic acids is 1. The lowest BCUT2D eigenvalue weighted by Gasteiger charge is -2.26. The van der Waals surface area contributed by atoms with Crippen molar-refractivity contribution in [1.29, 1.82) is 0 Å². The predicted molar refractivity (Wildman–Crippen MR) is 82.4 cm³/mol. The van der Waals surface area contributed by atoms with Gasteiger partial charge < -0.3 is 19.6 Å². The third kappa shape index (κ3) is 3.43. The molecule has 23 heavy (non-hydrogen) atoms. The summed E-state index contributed by atoms with van der Waals surface area (Å²) in [7, 11) is 0. The van der Waals surface area contributed by atoms with E-state index >= 15 is 0 Å². The first-order valence-electron chi connectivity index (χ1n) is 7.12. The van der Waals surface area contributed by atoms with Crippen LogP contribution in [0.3, 0.4) is 0 Å². The Morgan fingerprint density at radius 1 is 1.48 bits per heavy atom. The minimum Gasteiger partial charge on any atom is -0.481 e. The van der Waals surface area contributed by atoms with Gasteiger partial charge in [-0.3, -0.25) is 9.59 Å². The fourth-order valence-electron chi connectivity index (χ4n) is 2.52. The van der Waals surface area contributed by atoms with Crippen molar-refractivity contribution in [1.82, 2.24) is 10.3 Å². The van der Waals surface area contributed by atoms with Crippen molar-refractivity contribution >= 4 is 23.2 Å². The lowest BCUT2D eigenvalue weighted by molar-refractivity contribution is -0.138.